The molecule has 0 amide bonds. The van der Waals surface area contributed by atoms with E-state index in [4.69, 9.17) is 11.5 Å². The summed E-state index contributed by atoms with van der Waals surface area (Å²) in [6.45, 7) is 0. The molecule has 0 spiro atoms. The van der Waals surface area contributed by atoms with Crippen LogP contribution >= 0.6 is 9.24 Å². The number of nitrogens with zero attached hydrogens (tertiary/aromatic N) is 1. The Kier molecular flexibility index (Phi) is 5.75. The van der Waals surface area contributed by atoms with Crippen LogP contribution in [0, 0.1) is 0 Å². The van der Waals surface area contributed by atoms with Crippen molar-refractivity contribution in [3.05, 3.63) is 30.3 Å². The van der Waals surface area contributed by atoms with Crippen molar-refractivity contribution < 1.29 is 0 Å². The van der Waals surface area contributed by atoms with Crippen molar-refractivity contribution in [2.45, 2.75) is 0 Å². The molecule has 0 aromatic heterocycles. The van der Waals surface area contributed by atoms with Crippen molar-refractivity contribution in [1.29, 1.82) is 0 Å². The van der Waals surface area contributed by atoms with Crippen LogP contribution in [0.5, 0.6) is 0 Å². The highest BCUT2D eigenvalue weighted by atomic mass is 31.0. The van der Waals surface area contributed by atoms with Gasteiger partial charge in [-0.05, 0) is 5.30 Å². The number of nitrogens with two attached hydrogens (primary N) is 3. The van der Waals surface area contributed by atoms with Gasteiger partial charge in [0.2, 0.25) is 5.96 Å². The summed E-state index contributed by atoms with van der Waals surface area (Å²) in [6.07, 6.45) is 0. The van der Waals surface area contributed by atoms with Gasteiger partial charge in [0.25, 0.3) is 0 Å². The van der Waals surface area contributed by atoms with Crippen LogP contribution in [-0.4, -0.2) is 5.96 Å². The molecule has 0 fully saturated rings. The van der Waals surface area contributed by atoms with Crippen molar-refractivity contribution in [2.24, 2.45) is 22.4 Å². The number of benzene rings is 1. The second-order valence-electron chi connectivity index (χ2n) is 1.96. The Hall–Kier alpha value is -1.28. The van der Waals surface area contributed by atoms with E-state index < -0.39 is 0 Å². The van der Waals surface area contributed by atoms with E-state index in [0.717, 1.165) is 0 Å². The first-order chi connectivity index (χ1) is 5.66. The molecule has 12 heavy (non-hydrogen) atoms. The predicted molar refractivity (Wildman–Crippen MR) is 55.8 cm³/mol. The average Bonchev–Trinajstić information content (AvgIpc) is 2.07. The van der Waals surface area contributed by atoms with E-state index in [-0.39, 0.29) is 5.96 Å². The second-order valence-corrected chi connectivity index (χ2v) is 2.63. The molecule has 0 radical (unpaired) electrons. The molecule has 0 aliphatic carbocycles. The van der Waals surface area contributed by atoms with Gasteiger partial charge in [0.15, 0.2) is 0 Å². The first-order valence-electron chi connectivity index (χ1n) is 3.26. The molecule has 1 aromatic rings. The lowest BCUT2D eigenvalue weighted by Gasteiger charge is -1.82. The Bertz CT molecular complexity index is 230. The minimum absolute atomic E-state index is 0.0926. The zero-order valence-corrected chi connectivity index (χ0v) is 7.80. The van der Waals surface area contributed by atoms with Crippen LogP contribution in [0.3, 0.4) is 0 Å². The monoisotopic (exact) mass is 184 g/mol. The highest BCUT2D eigenvalue weighted by Crippen LogP contribution is 1.86. The SMILES string of the molecule is NN=C(N)N.Pc1ccccc1. The second kappa shape index (κ2) is 6.43. The molecule has 66 valence electrons. The molecule has 4 nitrogen and oxygen atoms in total. The van der Waals surface area contributed by atoms with Gasteiger partial charge in [0, 0.05) is 0 Å². The van der Waals surface area contributed by atoms with Crippen LogP contribution in [-0.2, 0) is 0 Å². The summed E-state index contributed by atoms with van der Waals surface area (Å²) in [6, 6.07) is 10.1. The fourth-order valence-electron chi connectivity index (χ4n) is 0.453. The molecule has 6 N–H and O–H groups in total. The van der Waals surface area contributed by atoms with Gasteiger partial charge in [0.05, 0.1) is 0 Å². The summed E-state index contributed by atoms with van der Waals surface area (Å²) in [4.78, 5) is 0. The molecular formula is C7H13N4P. The summed E-state index contributed by atoms with van der Waals surface area (Å²) in [5.41, 5.74) is 9.39. The summed E-state index contributed by atoms with van der Waals surface area (Å²) >= 11 is 0. The molecule has 0 aliphatic heterocycles. The van der Waals surface area contributed by atoms with Crippen molar-refractivity contribution in [3.63, 3.8) is 0 Å². The maximum Gasteiger partial charge on any atom is 0.208 e. The lowest BCUT2D eigenvalue weighted by atomic mass is 10.4. The van der Waals surface area contributed by atoms with E-state index in [1.54, 1.807) is 0 Å². The molecule has 1 aromatic carbocycles. The standard InChI is InChI=1S/C6H7P.CH6N4/c7-6-4-2-1-3-5-6;2-1(3)5-4/h1-5H,7H2;4H2,(H4,2,3,5). The van der Waals surface area contributed by atoms with Gasteiger partial charge in [-0.1, -0.05) is 30.3 Å². The van der Waals surface area contributed by atoms with Crippen molar-refractivity contribution in [2.75, 3.05) is 0 Å². The van der Waals surface area contributed by atoms with Crippen LogP contribution < -0.4 is 22.6 Å². The van der Waals surface area contributed by atoms with E-state index in [1.165, 1.54) is 5.30 Å². The summed E-state index contributed by atoms with van der Waals surface area (Å²) in [5, 5.41) is 4.10. The Morgan fingerprint density at radius 3 is 1.75 bits per heavy atom. The van der Waals surface area contributed by atoms with Crippen molar-refractivity contribution >= 4 is 20.5 Å². The van der Waals surface area contributed by atoms with E-state index in [2.05, 4.69) is 20.2 Å². The van der Waals surface area contributed by atoms with Crippen LogP contribution in [0.1, 0.15) is 0 Å². The Morgan fingerprint density at radius 1 is 1.17 bits per heavy atom. The topological polar surface area (TPSA) is 90.4 Å². The molecule has 0 bridgehead atoms. The van der Waals surface area contributed by atoms with Gasteiger partial charge < -0.3 is 17.3 Å². The third-order valence-corrected chi connectivity index (χ3v) is 1.33. The van der Waals surface area contributed by atoms with E-state index in [1.807, 2.05) is 30.3 Å². The minimum Gasteiger partial charge on any atom is -0.369 e. The summed E-state index contributed by atoms with van der Waals surface area (Å²) in [7, 11) is 2.63. The van der Waals surface area contributed by atoms with Crippen LogP contribution in [0.15, 0.2) is 35.4 Å². The van der Waals surface area contributed by atoms with Gasteiger partial charge in [-0.15, -0.1) is 14.3 Å². The molecule has 0 saturated heterocycles. The van der Waals surface area contributed by atoms with Crippen LogP contribution in [0.2, 0.25) is 0 Å². The van der Waals surface area contributed by atoms with Crippen molar-refractivity contribution in [1.82, 2.24) is 0 Å². The lowest BCUT2D eigenvalue weighted by molar-refractivity contribution is 1.21. The van der Waals surface area contributed by atoms with E-state index >= 15 is 0 Å². The molecule has 0 aliphatic rings. The summed E-state index contributed by atoms with van der Waals surface area (Å²) < 4.78 is 0. The fraction of sp³-hybridized carbons (Fsp3) is 0. The molecule has 0 saturated carbocycles. The number of hydrogen-bond donors (Lipinski definition) is 3. The van der Waals surface area contributed by atoms with Gasteiger partial charge in [-0.3, -0.25) is 0 Å². The summed E-state index contributed by atoms with van der Waals surface area (Å²) in [5.74, 6) is 4.42. The maximum atomic E-state index is 4.69. The highest BCUT2D eigenvalue weighted by molar-refractivity contribution is 7.27. The lowest BCUT2D eigenvalue weighted by Crippen LogP contribution is -2.23. The normalized spacial score (nSPS) is 7.75. The van der Waals surface area contributed by atoms with Gasteiger partial charge in [-0.2, -0.15) is 0 Å². The molecule has 0 heterocycles. The smallest absolute Gasteiger partial charge is 0.208 e. The molecule has 1 rings (SSSR count). The largest absolute Gasteiger partial charge is 0.369 e. The third kappa shape index (κ3) is 6.83. The van der Waals surface area contributed by atoms with Crippen LogP contribution in [0.4, 0.5) is 0 Å². The van der Waals surface area contributed by atoms with Gasteiger partial charge in [-0.25, -0.2) is 0 Å². The number of guanidine groups is 1. The average molecular weight is 184 g/mol. The minimum atomic E-state index is -0.0926. The Labute approximate surface area is 74.0 Å². The Balaban J connectivity index is 0.000000217. The highest BCUT2D eigenvalue weighted by Gasteiger charge is 1.72. The first-order valence-corrected chi connectivity index (χ1v) is 3.84. The third-order valence-electron chi connectivity index (χ3n) is 0.949. The molecule has 1 atom stereocenters. The molecule has 1 unspecified atom stereocenters. The van der Waals surface area contributed by atoms with Crippen molar-refractivity contribution in [3.8, 4) is 0 Å². The fourth-order valence-corrected chi connectivity index (χ4v) is 0.675. The molecular weight excluding hydrogens is 171 g/mol. The molecule has 5 heteroatoms. The zero-order valence-electron chi connectivity index (χ0n) is 6.64. The first kappa shape index (κ1) is 10.7. The number of rotatable bonds is 0. The number of hydrogen-bond acceptors (Lipinski definition) is 2. The van der Waals surface area contributed by atoms with Crippen LogP contribution in [0.25, 0.3) is 0 Å². The van der Waals surface area contributed by atoms with Gasteiger partial charge >= 0.3 is 0 Å². The number of hydrazone groups is 1. The van der Waals surface area contributed by atoms with E-state index in [0.29, 0.717) is 0 Å². The predicted octanol–water partition coefficient (Wildman–Crippen LogP) is -0.679. The van der Waals surface area contributed by atoms with E-state index in [9.17, 15) is 0 Å². The Morgan fingerprint density at radius 2 is 1.58 bits per heavy atom. The van der Waals surface area contributed by atoms with Gasteiger partial charge in [0.1, 0.15) is 0 Å². The maximum absolute atomic E-state index is 4.69. The zero-order chi connectivity index (χ0) is 9.40. The quantitative estimate of drug-likeness (QED) is 0.164.